The van der Waals surface area contributed by atoms with Gasteiger partial charge in [0, 0.05) is 11.1 Å². The fraction of sp³-hybridized carbons (Fsp3) is 0.182. The summed E-state index contributed by atoms with van der Waals surface area (Å²) in [7, 11) is 1.33. The van der Waals surface area contributed by atoms with Gasteiger partial charge in [-0.25, -0.2) is 14.8 Å². The van der Waals surface area contributed by atoms with Gasteiger partial charge in [0.1, 0.15) is 4.83 Å². The van der Waals surface area contributed by atoms with Gasteiger partial charge in [-0.15, -0.1) is 11.3 Å². The molecule has 0 saturated carbocycles. The van der Waals surface area contributed by atoms with Crippen molar-refractivity contribution in [3.8, 4) is 11.6 Å². The summed E-state index contributed by atoms with van der Waals surface area (Å²) < 4.78 is 10.2. The number of thiophene rings is 1. The summed E-state index contributed by atoms with van der Waals surface area (Å²) >= 11 is 1.30. The van der Waals surface area contributed by atoms with Crippen molar-refractivity contribution >= 4 is 39.1 Å². The van der Waals surface area contributed by atoms with Gasteiger partial charge in [-0.2, -0.15) is 0 Å². The third-order valence-corrected chi connectivity index (χ3v) is 6.09. The molecule has 0 aliphatic rings. The highest BCUT2D eigenvalue weighted by atomic mass is 32.1. The van der Waals surface area contributed by atoms with Crippen molar-refractivity contribution in [3.63, 3.8) is 0 Å². The summed E-state index contributed by atoms with van der Waals surface area (Å²) in [5.41, 5.74) is 3.21. The number of amides is 1. The number of carbonyl (C=O) groups is 2. The fourth-order valence-corrected chi connectivity index (χ4v) is 4.48. The van der Waals surface area contributed by atoms with E-state index in [4.69, 9.17) is 9.15 Å². The number of anilines is 1. The van der Waals surface area contributed by atoms with Crippen molar-refractivity contribution in [3.05, 3.63) is 63.9 Å². The lowest BCUT2D eigenvalue weighted by Crippen LogP contribution is -2.14. The topological polar surface area (TPSA) is 94.3 Å². The number of ether oxygens (including phenoxy) is 1. The molecule has 0 fully saturated rings. The number of rotatable bonds is 4. The highest BCUT2D eigenvalue weighted by Crippen LogP contribution is 2.33. The van der Waals surface area contributed by atoms with Gasteiger partial charge in [0.2, 0.25) is 0 Å². The Balaban J connectivity index is 1.72. The van der Waals surface area contributed by atoms with Gasteiger partial charge in [0.05, 0.1) is 29.5 Å². The third-order valence-electron chi connectivity index (χ3n) is 4.91. The molecule has 0 aliphatic carbocycles. The maximum Gasteiger partial charge on any atom is 0.338 e. The maximum atomic E-state index is 13.0. The molecular formula is C22H19N3O4S. The van der Waals surface area contributed by atoms with E-state index < -0.39 is 5.97 Å². The Morgan fingerprint density at radius 2 is 1.87 bits per heavy atom. The summed E-state index contributed by atoms with van der Waals surface area (Å²) in [5.74, 6) is 0.352. The predicted octanol–water partition coefficient (Wildman–Crippen LogP) is 4.92. The smallest absolute Gasteiger partial charge is 0.338 e. The van der Waals surface area contributed by atoms with Gasteiger partial charge in [-0.3, -0.25) is 4.79 Å². The predicted molar refractivity (Wildman–Crippen MR) is 115 cm³/mol. The SMILES string of the molecule is COC(=O)c1cccc(NC(=O)c2sc3nc(-c4ccco4)nc(C)c3c2C)c1C. The Kier molecular flexibility index (Phi) is 5.09. The first-order valence-corrected chi connectivity index (χ1v) is 10.0. The van der Waals surface area contributed by atoms with Crippen LogP contribution < -0.4 is 5.32 Å². The van der Waals surface area contributed by atoms with Crippen LogP contribution in [0.5, 0.6) is 0 Å². The number of aromatic nitrogens is 2. The minimum absolute atomic E-state index is 0.264. The molecule has 3 heterocycles. The molecule has 152 valence electrons. The standard InChI is InChI=1S/C22H19N3O4S/c1-11-14(22(27)28-4)7-5-8-15(11)24-20(26)18-12(2)17-13(3)23-19(25-21(17)30-18)16-9-6-10-29-16/h5-10H,1-4H3,(H,24,26). The Hall–Kier alpha value is -3.52. The number of esters is 1. The van der Waals surface area contributed by atoms with Crippen molar-refractivity contribution in [1.82, 2.24) is 9.97 Å². The van der Waals surface area contributed by atoms with E-state index in [1.54, 1.807) is 43.5 Å². The zero-order valence-electron chi connectivity index (χ0n) is 16.9. The van der Waals surface area contributed by atoms with Crippen LogP contribution in [0, 0.1) is 20.8 Å². The zero-order valence-corrected chi connectivity index (χ0v) is 17.7. The Morgan fingerprint density at radius 3 is 2.57 bits per heavy atom. The molecule has 0 radical (unpaired) electrons. The molecule has 1 aromatic carbocycles. The minimum Gasteiger partial charge on any atom is -0.465 e. The van der Waals surface area contributed by atoms with Crippen LogP contribution in [0.2, 0.25) is 0 Å². The molecule has 3 aromatic heterocycles. The van der Waals surface area contributed by atoms with E-state index in [-0.39, 0.29) is 5.91 Å². The van der Waals surface area contributed by atoms with Crippen LogP contribution in [0.1, 0.15) is 36.9 Å². The van der Waals surface area contributed by atoms with Crippen LogP contribution in [-0.4, -0.2) is 29.0 Å². The number of fused-ring (bicyclic) bond motifs is 1. The lowest BCUT2D eigenvalue weighted by atomic mass is 10.1. The summed E-state index contributed by atoms with van der Waals surface area (Å²) in [6.07, 6.45) is 1.57. The monoisotopic (exact) mass is 421 g/mol. The number of furan rings is 1. The normalized spacial score (nSPS) is 10.9. The first kappa shape index (κ1) is 19.8. The van der Waals surface area contributed by atoms with E-state index in [0.717, 1.165) is 21.5 Å². The Labute approximate surface area is 176 Å². The number of carbonyl (C=O) groups excluding carboxylic acids is 2. The van der Waals surface area contributed by atoms with Crippen LogP contribution in [0.3, 0.4) is 0 Å². The first-order valence-electron chi connectivity index (χ1n) is 9.21. The molecule has 0 spiro atoms. The van der Waals surface area contributed by atoms with Crippen molar-refractivity contribution < 1.29 is 18.7 Å². The molecule has 0 saturated heterocycles. The summed E-state index contributed by atoms with van der Waals surface area (Å²) in [5, 5.41) is 3.77. The number of hydrogen-bond acceptors (Lipinski definition) is 7. The minimum atomic E-state index is -0.446. The van der Waals surface area contributed by atoms with E-state index in [9.17, 15) is 9.59 Å². The molecule has 4 rings (SSSR count). The molecule has 0 aliphatic heterocycles. The second-order valence-corrected chi connectivity index (χ2v) is 7.77. The fourth-order valence-electron chi connectivity index (χ4n) is 3.35. The number of methoxy groups -OCH3 is 1. The van der Waals surface area contributed by atoms with Gasteiger partial charge in [0.15, 0.2) is 11.6 Å². The van der Waals surface area contributed by atoms with E-state index >= 15 is 0 Å². The van der Waals surface area contributed by atoms with Crippen LogP contribution in [0.15, 0.2) is 41.0 Å². The van der Waals surface area contributed by atoms with Gasteiger partial charge >= 0.3 is 5.97 Å². The third kappa shape index (κ3) is 3.35. The summed E-state index contributed by atoms with van der Waals surface area (Å²) in [6, 6.07) is 8.70. The van der Waals surface area contributed by atoms with Crippen molar-refractivity contribution in [2.45, 2.75) is 20.8 Å². The van der Waals surface area contributed by atoms with Crippen molar-refractivity contribution in [2.75, 3.05) is 12.4 Å². The number of aryl methyl sites for hydroxylation is 2. The van der Waals surface area contributed by atoms with Gasteiger partial charge in [0.25, 0.3) is 5.91 Å². The molecule has 7 nitrogen and oxygen atoms in total. The molecule has 30 heavy (non-hydrogen) atoms. The average Bonchev–Trinajstić information content (AvgIpc) is 3.37. The molecule has 4 aromatic rings. The lowest BCUT2D eigenvalue weighted by molar-refractivity contribution is 0.0599. The highest BCUT2D eigenvalue weighted by molar-refractivity contribution is 7.20. The summed E-state index contributed by atoms with van der Waals surface area (Å²) in [6.45, 7) is 5.54. The molecular weight excluding hydrogens is 402 g/mol. The van der Waals surface area contributed by atoms with Gasteiger partial charge in [-0.05, 0) is 56.2 Å². The van der Waals surface area contributed by atoms with Crippen LogP contribution in [0.25, 0.3) is 21.8 Å². The van der Waals surface area contributed by atoms with Gasteiger partial charge in [-0.1, -0.05) is 6.07 Å². The maximum absolute atomic E-state index is 13.0. The summed E-state index contributed by atoms with van der Waals surface area (Å²) in [4.78, 5) is 35.4. The number of nitrogens with one attached hydrogen (secondary N) is 1. The van der Waals surface area contributed by atoms with E-state index in [2.05, 4.69) is 15.3 Å². The van der Waals surface area contributed by atoms with E-state index in [1.165, 1.54) is 18.4 Å². The molecule has 0 bridgehead atoms. The van der Waals surface area contributed by atoms with Crippen molar-refractivity contribution in [2.24, 2.45) is 0 Å². The quantitative estimate of drug-likeness (QED) is 0.470. The largest absolute Gasteiger partial charge is 0.465 e. The van der Waals surface area contributed by atoms with Crippen LogP contribution in [-0.2, 0) is 4.74 Å². The first-order chi connectivity index (χ1) is 14.4. The molecule has 0 atom stereocenters. The average molecular weight is 421 g/mol. The van der Waals surface area contributed by atoms with Gasteiger partial charge < -0.3 is 14.5 Å². The number of hydrogen-bond donors (Lipinski definition) is 1. The second kappa shape index (κ2) is 7.72. The second-order valence-electron chi connectivity index (χ2n) is 6.77. The molecule has 1 N–H and O–H groups in total. The molecule has 0 unspecified atom stereocenters. The highest BCUT2D eigenvalue weighted by Gasteiger charge is 2.21. The Bertz CT molecular complexity index is 1280. The van der Waals surface area contributed by atoms with Crippen molar-refractivity contribution in [1.29, 1.82) is 0 Å². The molecule has 1 amide bonds. The van der Waals surface area contributed by atoms with Crippen LogP contribution >= 0.6 is 11.3 Å². The van der Waals surface area contributed by atoms with E-state index in [0.29, 0.717) is 33.3 Å². The Morgan fingerprint density at radius 1 is 1.07 bits per heavy atom. The number of nitrogens with zero attached hydrogens (tertiary/aromatic N) is 2. The number of benzene rings is 1. The van der Waals surface area contributed by atoms with E-state index in [1.807, 2.05) is 13.8 Å². The van der Waals surface area contributed by atoms with Crippen LogP contribution in [0.4, 0.5) is 5.69 Å². The lowest BCUT2D eigenvalue weighted by Gasteiger charge is -2.11. The molecule has 8 heteroatoms. The zero-order chi connectivity index (χ0) is 21.4.